The number of rotatable bonds is 2. The van der Waals surface area contributed by atoms with Gasteiger partial charge in [-0.3, -0.25) is 0 Å². The van der Waals surface area contributed by atoms with Crippen LogP contribution in [-0.4, -0.2) is 39.9 Å². The molecule has 0 unspecified atom stereocenters. The van der Waals surface area contributed by atoms with Crippen molar-refractivity contribution in [2.75, 3.05) is 14.1 Å². The second-order valence-electron chi connectivity index (χ2n) is 3.81. The van der Waals surface area contributed by atoms with Crippen molar-refractivity contribution in [3.8, 4) is 5.75 Å². The van der Waals surface area contributed by atoms with E-state index in [0.717, 1.165) is 0 Å². The second kappa shape index (κ2) is 9.37. The highest BCUT2D eigenvalue weighted by Crippen LogP contribution is 2.25. The number of alkyl halides is 3. The minimum Gasteiger partial charge on any atom is -0.478 e. The molecule has 0 aliphatic carbocycles. The Kier molecular flexibility index (Phi) is 9.04. The summed E-state index contributed by atoms with van der Waals surface area (Å²) in [7, 11) is 3.20. The smallest absolute Gasteiger partial charge is 0.356 e. The lowest BCUT2D eigenvalue weighted by molar-refractivity contribution is -0.135. The lowest BCUT2D eigenvalue weighted by Gasteiger charge is -2.12. The molecule has 6 nitrogen and oxygen atoms in total. The summed E-state index contributed by atoms with van der Waals surface area (Å²) in [6, 6.07) is 4.29. The number of hydrogen-bond donors (Lipinski definition) is 2. The monoisotopic (exact) mass is 410 g/mol. The molecule has 1 aromatic carbocycles. The van der Waals surface area contributed by atoms with Crippen molar-refractivity contribution in [1.29, 1.82) is 0 Å². The molecule has 0 fully saturated rings. The standard InChI is InChI=1S/C9H10Cl2N2O2.C2HCl3O2/c1-13(2)9(14)12-15-8-4-6(10)3-7(11)5-8;3-2(4,5)1(6)7/h3-5H,1-2H3,(H,12,14);(H,6,7). The minimum absolute atomic E-state index is 0.369. The van der Waals surface area contributed by atoms with Gasteiger partial charge in [0.15, 0.2) is 5.75 Å². The molecule has 0 aromatic heterocycles. The van der Waals surface area contributed by atoms with Crippen molar-refractivity contribution in [3.63, 3.8) is 0 Å². The summed E-state index contributed by atoms with van der Waals surface area (Å²) < 4.78 is -2.17. The number of nitrogens with zero attached hydrogens (tertiary/aromatic N) is 1. The molecule has 0 bridgehead atoms. The van der Waals surface area contributed by atoms with E-state index >= 15 is 0 Å². The van der Waals surface area contributed by atoms with Gasteiger partial charge in [0, 0.05) is 36.3 Å². The zero-order chi connectivity index (χ0) is 17.5. The van der Waals surface area contributed by atoms with E-state index in [1.165, 1.54) is 4.90 Å². The summed E-state index contributed by atoms with van der Waals surface area (Å²) in [5, 5.41) is 8.74. The first-order valence-corrected chi connectivity index (χ1v) is 7.22. The van der Waals surface area contributed by atoms with Gasteiger partial charge in [0.05, 0.1) is 0 Å². The fourth-order valence-corrected chi connectivity index (χ4v) is 1.29. The third-order valence-electron chi connectivity index (χ3n) is 1.74. The number of amides is 2. The van der Waals surface area contributed by atoms with Crippen molar-refractivity contribution in [2.45, 2.75) is 3.79 Å². The van der Waals surface area contributed by atoms with Crippen molar-refractivity contribution in [2.24, 2.45) is 0 Å². The molecule has 11 heteroatoms. The zero-order valence-corrected chi connectivity index (χ0v) is 15.0. The summed E-state index contributed by atoms with van der Waals surface area (Å²) in [5.74, 6) is -1.08. The minimum atomic E-state index is -2.17. The summed E-state index contributed by atoms with van der Waals surface area (Å²) in [4.78, 5) is 27.1. The number of urea groups is 1. The molecule has 2 amide bonds. The Morgan fingerprint density at radius 3 is 1.86 bits per heavy atom. The number of halogens is 5. The average molecular weight is 412 g/mol. The van der Waals surface area contributed by atoms with Gasteiger partial charge in [0.1, 0.15) is 0 Å². The van der Waals surface area contributed by atoms with E-state index in [2.05, 4.69) is 5.48 Å². The Morgan fingerprint density at radius 1 is 1.14 bits per heavy atom. The van der Waals surface area contributed by atoms with Crippen molar-refractivity contribution < 1.29 is 19.5 Å². The molecular formula is C11H11Cl5N2O4. The van der Waals surface area contributed by atoms with Crippen LogP contribution in [0.1, 0.15) is 0 Å². The molecule has 22 heavy (non-hydrogen) atoms. The molecule has 2 N–H and O–H groups in total. The summed E-state index contributed by atoms with van der Waals surface area (Å²) >= 11 is 25.9. The van der Waals surface area contributed by atoms with Gasteiger partial charge in [-0.1, -0.05) is 58.0 Å². The van der Waals surface area contributed by atoms with Crippen LogP contribution in [0.2, 0.25) is 10.0 Å². The fourth-order valence-electron chi connectivity index (χ4n) is 0.781. The summed E-state index contributed by atoms with van der Waals surface area (Å²) in [6.07, 6.45) is 0. The van der Waals surface area contributed by atoms with Crippen LogP contribution in [0.5, 0.6) is 5.75 Å². The molecule has 0 heterocycles. The van der Waals surface area contributed by atoms with Gasteiger partial charge in [0.2, 0.25) is 0 Å². The Labute approximate surface area is 151 Å². The number of carboxylic acids is 1. The van der Waals surface area contributed by atoms with Crippen LogP contribution in [0.4, 0.5) is 4.79 Å². The summed E-state index contributed by atoms with van der Waals surface area (Å²) in [5.41, 5.74) is 2.22. The Morgan fingerprint density at radius 2 is 1.55 bits per heavy atom. The number of hydroxylamine groups is 1. The molecule has 0 saturated heterocycles. The summed E-state index contributed by atoms with van der Waals surface area (Å²) in [6.45, 7) is 0. The first-order valence-electron chi connectivity index (χ1n) is 5.34. The Hall–Kier alpha value is -0.790. The van der Waals surface area contributed by atoms with Crippen molar-refractivity contribution in [1.82, 2.24) is 10.4 Å². The Balaban J connectivity index is 0.000000534. The predicted molar refractivity (Wildman–Crippen MR) is 87.2 cm³/mol. The van der Waals surface area contributed by atoms with Crippen LogP contribution in [0, 0.1) is 0 Å². The van der Waals surface area contributed by atoms with E-state index in [-0.39, 0.29) is 6.03 Å². The van der Waals surface area contributed by atoms with Gasteiger partial charge in [-0.25, -0.2) is 9.59 Å². The van der Waals surface area contributed by atoms with Gasteiger partial charge >= 0.3 is 12.0 Å². The van der Waals surface area contributed by atoms with Crippen LogP contribution < -0.4 is 10.3 Å². The van der Waals surface area contributed by atoms with Crippen LogP contribution >= 0.6 is 58.0 Å². The predicted octanol–water partition coefficient (Wildman–Crippen LogP) is 4.00. The van der Waals surface area contributed by atoms with Gasteiger partial charge in [-0.2, -0.15) is 5.48 Å². The number of carboxylic acid groups (broad SMARTS) is 1. The largest absolute Gasteiger partial charge is 0.478 e. The SMILES string of the molecule is CN(C)C(=O)NOc1cc(Cl)cc(Cl)c1.O=C(O)C(Cl)(Cl)Cl. The molecule has 0 atom stereocenters. The lowest BCUT2D eigenvalue weighted by Crippen LogP contribution is -2.36. The van der Waals surface area contributed by atoms with Gasteiger partial charge in [0.25, 0.3) is 3.79 Å². The Bertz CT molecular complexity index is 513. The number of hydrogen-bond acceptors (Lipinski definition) is 3. The fraction of sp³-hybridized carbons (Fsp3) is 0.273. The van der Waals surface area contributed by atoms with E-state index in [1.807, 2.05) is 0 Å². The highest BCUT2D eigenvalue weighted by Gasteiger charge is 2.29. The number of nitrogens with one attached hydrogen (secondary N) is 1. The zero-order valence-electron chi connectivity index (χ0n) is 11.2. The van der Waals surface area contributed by atoms with E-state index < -0.39 is 9.76 Å². The first kappa shape index (κ1) is 21.2. The molecule has 0 aliphatic heterocycles. The number of benzene rings is 1. The third-order valence-corrected chi connectivity index (χ3v) is 2.66. The molecule has 0 saturated carbocycles. The number of carbonyl (C=O) groups is 2. The maximum Gasteiger partial charge on any atom is 0.356 e. The van der Waals surface area contributed by atoms with E-state index in [9.17, 15) is 9.59 Å². The van der Waals surface area contributed by atoms with Crippen molar-refractivity contribution >= 4 is 70.0 Å². The number of aliphatic carboxylic acids is 1. The third kappa shape index (κ3) is 9.27. The van der Waals surface area contributed by atoms with E-state index in [1.54, 1.807) is 32.3 Å². The topological polar surface area (TPSA) is 78.9 Å². The highest BCUT2D eigenvalue weighted by molar-refractivity contribution is 6.75. The molecule has 1 rings (SSSR count). The molecule has 124 valence electrons. The second-order valence-corrected chi connectivity index (χ2v) is 6.97. The van der Waals surface area contributed by atoms with Crippen LogP contribution in [-0.2, 0) is 4.79 Å². The number of carbonyl (C=O) groups excluding carboxylic acids is 1. The van der Waals surface area contributed by atoms with Gasteiger partial charge in [-0.15, -0.1) is 0 Å². The van der Waals surface area contributed by atoms with Gasteiger partial charge in [-0.05, 0) is 6.07 Å². The van der Waals surface area contributed by atoms with E-state index in [0.29, 0.717) is 15.8 Å². The van der Waals surface area contributed by atoms with Gasteiger partial charge < -0.3 is 14.8 Å². The quantitative estimate of drug-likeness (QED) is 0.569. The maximum atomic E-state index is 11.1. The van der Waals surface area contributed by atoms with Crippen LogP contribution in [0.15, 0.2) is 18.2 Å². The van der Waals surface area contributed by atoms with E-state index in [4.69, 9.17) is 67.9 Å². The first-order chi connectivity index (χ1) is 9.93. The van der Waals surface area contributed by atoms with Crippen molar-refractivity contribution in [3.05, 3.63) is 28.2 Å². The highest BCUT2D eigenvalue weighted by atomic mass is 35.6. The molecule has 0 spiro atoms. The molecular weight excluding hydrogens is 401 g/mol. The normalized spacial score (nSPS) is 10.1. The van der Waals surface area contributed by atoms with Crippen LogP contribution in [0.25, 0.3) is 0 Å². The maximum absolute atomic E-state index is 11.1. The lowest BCUT2D eigenvalue weighted by atomic mass is 10.3. The molecule has 0 radical (unpaired) electrons. The average Bonchev–Trinajstić information content (AvgIpc) is 2.34. The molecule has 1 aromatic rings. The van der Waals surface area contributed by atoms with Crippen LogP contribution in [0.3, 0.4) is 0 Å². The molecule has 0 aliphatic rings.